The third-order valence-corrected chi connectivity index (χ3v) is 3.71. The number of rotatable bonds is 7. The van der Waals surface area contributed by atoms with Gasteiger partial charge in [0.1, 0.15) is 0 Å². The first kappa shape index (κ1) is 18.5. The van der Waals surface area contributed by atoms with E-state index in [9.17, 15) is 4.79 Å². The van der Waals surface area contributed by atoms with Gasteiger partial charge in [0, 0.05) is 5.56 Å². The molecule has 0 atom stereocenters. The number of hydrogen-bond acceptors (Lipinski definition) is 4. The summed E-state index contributed by atoms with van der Waals surface area (Å²) in [5.41, 5.74) is 5.10. The average Bonchev–Trinajstić information content (AvgIpc) is 2.63. The van der Waals surface area contributed by atoms with E-state index >= 15 is 0 Å². The normalized spacial score (nSPS) is 10.9. The number of hydrazone groups is 1. The van der Waals surface area contributed by atoms with Gasteiger partial charge in [0.05, 0.1) is 19.9 Å². The van der Waals surface area contributed by atoms with Gasteiger partial charge in [-0.1, -0.05) is 26.0 Å². The Labute approximate surface area is 148 Å². The predicted octanol–water partition coefficient (Wildman–Crippen LogP) is 3.98. The van der Waals surface area contributed by atoms with Crippen LogP contribution in [0.4, 0.5) is 0 Å². The minimum absolute atomic E-state index is 0.246. The van der Waals surface area contributed by atoms with Crippen molar-refractivity contribution in [1.82, 2.24) is 5.43 Å². The lowest BCUT2D eigenvalue weighted by Crippen LogP contribution is -2.17. The van der Waals surface area contributed by atoms with Crippen LogP contribution in [0.15, 0.2) is 47.6 Å². The van der Waals surface area contributed by atoms with E-state index < -0.39 is 0 Å². The fourth-order valence-corrected chi connectivity index (χ4v) is 2.29. The number of amides is 1. The summed E-state index contributed by atoms with van der Waals surface area (Å²) in [5.74, 6) is 1.49. The molecule has 0 spiro atoms. The first-order valence-corrected chi connectivity index (χ1v) is 8.29. The van der Waals surface area contributed by atoms with Crippen molar-refractivity contribution in [2.24, 2.45) is 5.10 Å². The molecule has 1 amide bonds. The minimum atomic E-state index is -0.246. The summed E-state index contributed by atoms with van der Waals surface area (Å²) in [7, 11) is 1.58. The van der Waals surface area contributed by atoms with Crippen LogP contribution in [0.25, 0.3) is 0 Å². The fraction of sp³-hybridized carbons (Fsp3) is 0.300. The molecule has 0 aliphatic rings. The molecule has 0 aliphatic carbocycles. The number of methoxy groups -OCH3 is 1. The van der Waals surface area contributed by atoms with Gasteiger partial charge in [-0.3, -0.25) is 4.79 Å². The highest BCUT2D eigenvalue weighted by molar-refractivity contribution is 5.95. The Morgan fingerprint density at radius 2 is 1.88 bits per heavy atom. The van der Waals surface area contributed by atoms with Gasteiger partial charge in [0.15, 0.2) is 11.5 Å². The SMILES string of the molecule is CCOc1ccc(/C=N/NC(=O)c2ccc(C(C)C)cc2)cc1OC. The van der Waals surface area contributed by atoms with Crippen LogP contribution in [0, 0.1) is 0 Å². The lowest BCUT2D eigenvalue weighted by Gasteiger charge is -2.09. The molecule has 0 aromatic heterocycles. The molecule has 2 aromatic carbocycles. The monoisotopic (exact) mass is 340 g/mol. The van der Waals surface area contributed by atoms with Crippen LogP contribution < -0.4 is 14.9 Å². The Bertz CT molecular complexity index is 737. The zero-order valence-electron chi connectivity index (χ0n) is 15.1. The van der Waals surface area contributed by atoms with E-state index in [1.54, 1.807) is 31.5 Å². The predicted molar refractivity (Wildman–Crippen MR) is 99.8 cm³/mol. The first-order valence-electron chi connectivity index (χ1n) is 8.29. The second-order valence-electron chi connectivity index (χ2n) is 5.82. The van der Waals surface area contributed by atoms with Gasteiger partial charge in [-0.25, -0.2) is 5.43 Å². The summed E-state index contributed by atoms with van der Waals surface area (Å²) < 4.78 is 10.8. The molecule has 0 saturated carbocycles. The third-order valence-electron chi connectivity index (χ3n) is 3.71. The number of carbonyl (C=O) groups excluding carboxylic acids is 1. The van der Waals surface area contributed by atoms with Crippen LogP contribution in [0.5, 0.6) is 11.5 Å². The minimum Gasteiger partial charge on any atom is -0.493 e. The Morgan fingerprint density at radius 1 is 1.16 bits per heavy atom. The van der Waals surface area contributed by atoms with E-state index in [1.807, 2.05) is 31.2 Å². The van der Waals surface area contributed by atoms with E-state index in [2.05, 4.69) is 24.4 Å². The summed E-state index contributed by atoms with van der Waals surface area (Å²) in [6.45, 7) is 6.71. The lowest BCUT2D eigenvalue weighted by atomic mass is 10.0. The zero-order valence-corrected chi connectivity index (χ0v) is 15.1. The molecule has 0 saturated heterocycles. The van der Waals surface area contributed by atoms with Crippen molar-refractivity contribution in [1.29, 1.82) is 0 Å². The first-order chi connectivity index (χ1) is 12.0. The summed E-state index contributed by atoms with van der Waals surface area (Å²) in [6.07, 6.45) is 1.57. The van der Waals surface area contributed by atoms with Gasteiger partial charge >= 0.3 is 0 Å². The van der Waals surface area contributed by atoms with Gasteiger partial charge in [-0.05, 0) is 54.3 Å². The van der Waals surface area contributed by atoms with E-state index in [4.69, 9.17) is 9.47 Å². The van der Waals surface area contributed by atoms with E-state index in [1.165, 1.54) is 5.56 Å². The Hall–Kier alpha value is -2.82. The molecule has 0 heterocycles. The highest BCUT2D eigenvalue weighted by Crippen LogP contribution is 2.27. The molecule has 25 heavy (non-hydrogen) atoms. The molecule has 2 aromatic rings. The highest BCUT2D eigenvalue weighted by Gasteiger charge is 2.06. The fourth-order valence-electron chi connectivity index (χ4n) is 2.29. The molecule has 0 fully saturated rings. The lowest BCUT2D eigenvalue weighted by molar-refractivity contribution is 0.0955. The standard InChI is InChI=1S/C20H24N2O3/c1-5-25-18-11-6-15(12-19(18)24-4)13-21-22-20(23)17-9-7-16(8-10-17)14(2)3/h6-14H,5H2,1-4H3,(H,22,23)/b21-13+. The number of nitrogens with zero attached hydrogens (tertiary/aromatic N) is 1. The van der Waals surface area contributed by atoms with E-state index in [0.29, 0.717) is 29.6 Å². The maximum Gasteiger partial charge on any atom is 0.271 e. The third kappa shape index (κ3) is 5.08. The molecule has 5 nitrogen and oxygen atoms in total. The van der Waals surface area contributed by atoms with Crippen molar-refractivity contribution in [2.75, 3.05) is 13.7 Å². The Kier molecular flexibility index (Phi) is 6.57. The Balaban J connectivity index is 2.01. The van der Waals surface area contributed by atoms with Gasteiger partial charge < -0.3 is 9.47 Å². The van der Waals surface area contributed by atoms with Crippen LogP contribution in [0.2, 0.25) is 0 Å². The summed E-state index contributed by atoms with van der Waals surface area (Å²) in [5, 5.41) is 4.01. The quantitative estimate of drug-likeness (QED) is 0.612. The van der Waals surface area contributed by atoms with E-state index in [-0.39, 0.29) is 5.91 Å². The van der Waals surface area contributed by atoms with Crippen molar-refractivity contribution in [3.05, 3.63) is 59.2 Å². The molecular weight excluding hydrogens is 316 g/mol. The molecular formula is C20H24N2O3. The number of ether oxygens (including phenoxy) is 2. The van der Waals surface area contributed by atoms with Crippen molar-refractivity contribution in [3.63, 3.8) is 0 Å². The van der Waals surface area contributed by atoms with Gasteiger partial charge in [-0.2, -0.15) is 5.10 Å². The summed E-state index contributed by atoms with van der Waals surface area (Å²) in [4.78, 5) is 12.1. The van der Waals surface area contributed by atoms with Gasteiger partial charge in [0.2, 0.25) is 0 Å². The number of nitrogens with one attached hydrogen (secondary N) is 1. The molecule has 0 aliphatic heterocycles. The molecule has 0 radical (unpaired) electrons. The van der Waals surface area contributed by atoms with Crippen molar-refractivity contribution < 1.29 is 14.3 Å². The van der Waals surface area contributed by atoms with Gasteiger partial charge in [-0.15, -0.1) is 0 Å². The van der Waals surface area contributed by atoms with Crippen molar-refractivity contribution >= 4 is 12.1 Å². The topological polar surface area (TPSA) is 59.9 Å². The molecule has 132 valence electrons. The average molecular weight is 340 g/mol. The number of carbonyl (C=O) groups is 1. The van der Waals surface area contributed by atoms with E-state index in [0.717, 1.165) is 5.56 Å². The molecule has 1 N–H and O–H groups in total. The maximum atomic E-state index is 12.1. The largest absolute Gasteiger partial charge is 0.493 e. The molecule has 5 heteroatoms. The molecule has 0 bridgehead atoms. The second kappa shape index (κ2) is 8.87. The Morgan fingerprint density at radius 3 is 2.48 bits per heavy atom. The number of hydrogen-bond donors (Lipinski definition) is 1. The smallest absolute Gasteiger partial charge is 0.271 e. The van der Waals surface area contributed by atoms with Gasteiger partial charge in [0.25, 0.3) is 5.91 Å². The number of benzene rings is 2. The zero-order chi connectivity index (χ0) is 18.2. The highest BCUT2D eigenvalue weighted by atomic mass is 16.5. The maximum absolute atomic E-state index is 12.1. The van der Waals surface area contributed by atoms with Crippen molar-refractivity contribution in [2.45, 2.75) is 26.7 Å². The van der Waals surface area contributed by atoms with Crippen LogP contribution in [-0.4, -0.2) is 25.8 Å². The second-order valence-corrected chi connectivity index (χ2v) is 5.82. The van der Waals surface area contributed by atoms with Crippen molar-refractivity contribution in [3.8, 4) is 11.5 Å². The summed E-state index contributed by atoms with van der Waals surface area (Å²) >= 11 is 0. The molecule has 0 unspecified atom stereocenters. The van der Waals surface area contributed by atoms with Crippen LogP contribution in [-0.2, 0) is 0 Å². The molecule has 2 rings (SSSR count). The van der Waals surface area contributed by atoms with Crippen LogP contribution in [0.1, 0.15) is 48.2 Å². The summed E-state index contributed by atoms with van der Waals surface area (Å²) in [6, 6.07) is 13.0. The van der Waals surface area contributed by atoms with Crippen LogP contribution >= 0.6 is 0 Å². The van der Waals surface area contributed by atoms with Crippen LogP contribution in [0.3, 0.4) is 0 Å².